The summed E-state index contributed by atoms with van der Waals surface area (Å²) in [5, 5.41) is 11.4. The van der Waals surface area contributed by atoms with Crippen molar-refractivity contribution in [3.63, 3.8) is 0 Å². The Hall–Kier alpha value is -2.66. The Labute approximate surface area is 148 Å². The van der Waals surface area contributed by atoms with Crippen LogP contribution in [0.3, 0.4) is 0 Å². The Morgan fingerprint density at radius 1 is 0.960 bits per heavy atom. The van der Waals surface area contributed by atoms with E-state index in [9.17, 15) is 9.59 Å². The second-order valence-electron chi connectivity index (χ2n) is 6.01. The van der Waals surface area contributed by atoms with Crippen molar-refractivity contribution in [2.75, 3.05) is 5.32 Å². The van der Waals surface area contributed by atoms with E-state index in [1.165, 1.54) is 5.56 Å². The maximum absolute atomic E-state index is 12.3. The first-order valence-corrected chi connectivity index (χ1v) is 8.49. The summed E-state index contributed by atoms with van der Waals surface area (Å²) in [6.45, 7) is 2.01. The van der Waals surface area contributed by atoms with Gasteiger partial charge in [0.05, 0.1) is 0 Å². The van der Waals surface area contributed by atoms with Gasteiger partial charge in [-0.25, -0.2) is 5.48 Å². The minimum Gasteiger partial charge on any atom is -0.322 e. The summed E-state index contributed by atoms with van der Waals surface area (Å²) < 4.78 is 0. The van der Waals surface area contributed by atoms with Gasteiger partial charge in [-0.2, -0.15) is 0 Å². The monoisotopic (exact) mass is 340 g/mol. The number of carbonyl (C=O) groups excluding carboxylic acids is 2. The van der Waals surface area contributed by atoms with E-state index in [4.69, 9.17) is 5.21 Å². The van der Waals surface area contributed by atoms with Gasteiger partial charge in [0.2, 0.25) is 5.91 Å². The Morgan fingerprint density at radius 2 is 1.72 bits per heavy atom. The van der Waals surface area contributed by atoms with Crippen molar-refractivity contribution in [2.45, 2.75) is 39.0 Å². The number of hydroxylamine groups is 1. The van der Waals surface area contributed by atoms with Crippen LogP contribution in [-0.2, 0) is 11.2 Å². The van der Waals surface area contributed by atoms with Crippen LogP contribution in [0.1, 0.15) is 47.2 Å². The summed E-state index contributed by atoms with van der Waals surface area (Å²) in [5.41, 5.74) is 5.36. The maximum Gasteiger partial charge on any atom is 0.255 e. The molecule has 0 bridgehead atoms. The number of benzene rings is 2. The Kier molecular flexibility index (Phi) is 7.16. The minimum atomic E-state index is -0.346. The lowest BCUT2D eigenvalue weighted by atomic mass is 10.00. The number of anilines is 1. The quantitative estimate of drug-likeness (QED) is 0.388. The van der Waals surface area contributed by atoms with Gasteiger partial charge in [-0.3, -0.25) is 14.8 Å². The fourth-order valence-electron chi connectivity index (χ4n) is 2.71. The standard InChI is InChI=1S/C20H24N2O3/c1-15-16(9-4-3-7-14-19(23)22-25)12-8-13-18(15)21-20(24)17-10-5-2-6-11-17/h2,5-6,8,10-13,25H,3-4,7,9,14H2,1H3,(H,21,24)(H,22,23). The number of hydrogen-bond donors (Lipinski definition) is 3. The third-order valence-corrected chi connectivity index (χ3v) is 4.20. The predicted octanol–water partition coefficient (Wildman–Crippen LogP) is 3.86. The molecule has 0 fully saturated rings. The molecule has 0 saturated carbocycles. The Bertz CT molecular complexity index is 714. The summed E-state index contributed by atoms with van der Waals surface area (Å²) in [4.78, 5) is 23.3. The Balaban J connectivity index is 1.91. The number of rotatable bonds is 8. The molecule has 25 heavy (non-hydrogen) atoms. The fourth-order valence-corrected chi connectivity index (χ4v) is 2.71. The van der Waals surface area contributed by atoms with Crippen LogP contribution >= 0.6 is 0 Å². The van der Waals surface area contributed by atoms with Crippen molar-refractivity contribution in [2.24, 2.45) is 0 Å². The molecule has 0 aliphatic heterocycles. The first kappa shape index (κ1) is 18.7. The third kappa shape index (κ3) is 5.72. The number of hydrogen-bond acceptors (Lipinski definition) is 3. The number of nitrogens with one attached hydrogen (secondary N) is 2. The van der Waals surface area contributed by atoms with Gasteiger partial charge in [0.25, 0.3) is 5.91 Å². The van der Waals surface area contributed by atoms with Gasteiger partial charge in [0, 0.05) is 17.7 Å². The summed E-state index contributed by atoms with van der Waals surface area (Å²) in [5.74, 6) is -0.460. The summed E-state index contributed by atoms with van der Waals surface area (Å²) in [6.07, 6.45) is 3.84. The zero-order chi connectivity index (χ0) is 18.1. The molecule has 0 spiro atoms. The average molecular weight is 340 g/mol. The summed E-state index contributed by atoms with van der Waals surface area (Å²) in [7, 11) is 0. The highest BCUT2D eigenvalue weighted by atomic mass is 16.5. The van der Waals surface area contributed by atoms with Crippen molar-refractivity contribution in [3.05, 3.63) is 65.2 Å². The average Bonchev–Trinajstić information content (AvgIpc) is 2.64. The molecule has 2 aromatic carbocycles. The second-order valence-corrected chi connectivity index (χ2v) is 6.01. The van der Waals surface area contributed by atoms with Crippen molar-refractivity contribution >= 4 is 17.5 Å². The summed E-state index contributed by atoms with van der Waals surface area (Å²) in [6, 6.07) is 15.1. The van der Waals surface area contributed by atoms with E-state index >= 15 is 0 Å². The van der Waals surface area contributed by atoms with Gasteiger partial charge in [0.1, 0.15) is 0 Å². The largest absolute Gasteiger partial charge is 0.322 e. The lowest BCUT2D eigenvalue weighted by molar-refractivity contribution is -0.129. The van der Waals surface area contributed by atoms with E-state index in [-0.39, 0.29) is 11.8 Å². The van der Waals surface area contributed by atoms with E-state index < -0.39 is 0 Å². The lowest BCUT2D eigenvalue weighted by Gasteiger charge is -2.12. The zero-order valence-corrected chi connectivity index (χ0v) is 14.4. The summed E-state index contributed by atoms with van der Waals surface area (Å²) >= 11 is 0. The highest BCUT2D eigenvalue weighted by Crippen LogP contribution is 2.21. The molecule has 5 nitrogen and oxygen atoms in total. The molecule has 0 unspecified atom stereocenters. The molecule has 0 heterocycles. The molecule has 2 rings (SSSR count). The van der Waals surface area contributed by atoms with E-state index in [0.717, 1.165) is 36.9 Å². The van der Waals surface area contributed by atoms with Crippen LogP contribution in [0.25, 0.3) is 0 Å². The van der Waals surface area contributed by atoms with E-state index in [2.05, 4.69) is 11.4 Å². The van der Waals surface area contributed by atoms with Crippen LogP contribution in [0.15, 0.2) is 48.5 Å². The molecule has 0 saturated heterocycles. The van der Waals surface area contributed by atoms with Crippen LogP contribution in [0, 0.1) is 6.92 Å². The number of aryl methyl sites for hydroxylation is 1. The highest BCUT2D eigenvalue weighted by molar-refractivity contribution is 6.04. The molecule has 0 atom stereocenters. The zero-order valence-electron chi connectivity index (χ0n) is 14.4. The molecule has 0 aromatic heterocycles. The molecule has 2 aromatic rings. The minimum absolute atomic E-state index is 0.115. The van der Waals surface area contributed by atoms with Crippen molar-refractivity contribution < 1.29 is 14.8 Å². The normalized spacial score (nSPS) is 10.3. The first-order chi connectivity index (χ1) is 12.1. The molecule has 2 amide bonds. The van der Waals surface area contributed by atoms with Crippen LogP contribution in [0.4, 0.5) is 5.69 Å². The van der Waals surface area contributed by atoms with Crippen molar-refractivity contribution in [3.8, 4) is 0 Å². The SMILES string of the molecule is Cc1c(CCCCCC(=O)NO)cccc1NC(=O)c1ccccc1. The molecule has 3 N–H and O–H groups in total. The molecular weight excluding hydrogens is 316 g/mol. The molecular formula is C20H24N2O3. The van der Waals surface area contributed by atoms with E-state index in [0.29, 0.717) is 12.0 Å². The van der Waals surface area contributed by atoms with E-state index in [1.807, 2.05) is 37.3 Å². The third-order valence-electron chi connectivity index (χ3n) is 4.20. The van der Waals surface area contributed by atoms with Gasteiger partial charge >= 0.3 is 0 Å². The van der Waals surface area contributed by atoms with Crippen molar-refractivity contribution in [1.82, 2.24) is 5.48 Å². The maximum atomic E-state index is 12.3. The van der Waals surface area contributed by atoms with Gasteiger partial charge in [-0.05, 0) is 55.5 Å². The number of carbonyl (C=O) groups is 2. The Morgan fingerprint density at radius 3 is 2.44 bits per heavy atom. The van der Waals surface area contributed by atoms with Crippen LogP contribution < -0.4 is 10.8 Å². The van der Waals surface area contributed by atoms with Gasteiger partial charge in [-0.1, -0.05) is 36.8 Å². The molecule has 0 radical (unpaired) electrons. The van der Waals surface area contributed by atoms with Gasteiger partial charge < -0.3 is 5.32 Å². The fraction of sp³-hybridized carbons (Fsp3) is 0.300. The second kappa shape index (κ2) is 9.59. The van der Waals surface area contributed by atoms with Gasteiger partial charge in [-0.15, -0.1) is 0 Å². The number of unbranched alkanes of at least 4 members (excludes halogenated alkanes) is 2. The predicted molar refractivity (Wildman–Crippen MR) is 97.7 cm³/mol. The lowest BCUT2D eigenvalue weighted by Crippen LogP contribution is -2.17. The first-order valence-electron chi connectivity index (χ1n) is 8.49. The molecule has 132 valence electrons. The highest BCUT2D eigenvalue weighted by Gasteiger charge is 2.09. The van der Waals surface area contributed by atoms with Crippen LogP contribution in [0.2, 0.25) is 0 Å². The van der Waals surface area contributed by atoms with E-state index in [1.54, 1.807) is 17.6 Å². The van der Waals surface area contributed by atoms with Crippen LogP contribution in [0.5, 0.6) is 0 Å². The van der Waals surface area contributed by atoms with Crippen LogP contribution in [-0.4, -0.2) is 17.0 Å². The topological polar surface area (TPSA) is 78.4 Å². The number of amides is 2. The van der Waals surface area contributed by atoms with Crippen molar-refractivity contribution in [1.29, 1.82) is 0 Å². The smallest absolute Gasteiger partial charge is 0.255 e. The molecule has 0 aliphatic rings. The molecule has 5 heteroatoms. The van der Waals surface area contributed by atoms with Gasteiger partial charge in [0.15, 0.2) is 0 Å². The molecule has 0 aliphatic carbocycles.